The van der Waals surface area contributed by atoms with Crippen molar-refractivity contribution in [3.05, 3.63) is 0 Å². The van der Waals surface area contributed by atoms with Crippen LogP contribution in [0.4, 0.5) is 0 Å². The Morgan fingerprint density at radius 3 is 2.50 bits per heavy atom. The molecule has 6 heteroatoms. The highest BCUT2D eigenvalue weighted by Crippen LogP contribution is 2.10. The van der Waals surface area contributed by atoms with E-state index >= 15 is 0 Å². The molecule has 0 bridgehead atoms. The highest BCUT2D eigenvalue weighted by atomic mass is 32.2. The molecule has 1 N–H and O–H groups in total. The zero-order valence-corrected chi connectivity index (χ0v) is 9.21. The lowest BCUT2D eigenvalue weighted by Crippen LogP contribution is -2.08. The van der Waals surface area contributed by atoms with Gasteiger partial charge in [0, 0.05) is 6.42 Å². The second kappa shape index (κ2) is 5.98. The number of rotatable bonds is 7. The Morgan fingerprint density at radius 2 is 2.07 bits per heavy atom. The van der Waals surface area contributed by atoms with Gasteiger partial charge in [-0.1, -0.05) is 6.92 Å². The van der Waals surface area contributed by atoms with E-state index in [0.29, 0.717) is 12.8 Å². The summed E-state index contributed by atoms with van der Waals surface area (Å²) in [5.74, 6) is -0.780. The SMILES string of the molecule is C[C@H](CCCOS(C)(=O)=O)CC(=O)O. The van der Waals surface area contributed by atoms with Crippen molar-refractivity contribution in [1.82, 2.24) is 0 Å². The third-order valence-corrected chi connectivity index (χ3v) is 2.26. The Kier molecular flexibility index (Phi) is 5.71. The first-order valence-corrected chi connectivity index (χ1v) is 6.19. The van der Waals surface area contributed by atoms with Gasteiger partial charge in [0.1, 0.15) is 0 Å². The molecule has 0 rings (SSSR count). The van der Waals surface area contributed by atoms with Gasteiger partial charge in [0.2, 0.25) is 0 Å². The molecular weight excluding hydrogens is 208 g/mol. The summed E-state index contributed by atoms with van der Waals surface area (Å²) in [6.07, 6.45) is 2.32. The lowest BCUT2D eigenvalue weighted by atomic mass is 10.0. The topological polar surface area (TPSA) is 80.7 Å². The molecule has 0 saturated heterocycles. The molecule has 84 valence electrons. The van der Waals surface area contributed by atoms with Crippen molar-refractivity contribution in [2.75, 3.05) is 12.9 Å². The van der Waals surface area contributed by atoms with E-state index in [1.54, 1.807) is 0 Å². The van der Waals surface area contributed by atoms with Crippen LogP contribution < -0.4 is 0 Å². The van der Waals surface area contributed by atoms with E-state index < -0.39 is 16.1 Å². The Balaban J connectivity index is 3.50. The summed E-state index contributed by atoms with van der Waals surface area (Å²) >= 11 is 0. The molecule has 14 heavy (non-hydrogen) atoms. The largest absolute Gasteiger partial charge is 0.481 e. The first kappa shape index (κ1) is 13.4. The highest BCUT2D eigenvalue weighted by Gasteiger charge is 2.08. The van der Waals surface area contributed by atoms with E-state index in [9.17, 15) is 13.2 Å². The van der Waals surface area contributed by atoms with Gasteiger partial charge in [-0.15, -0.1) is 0 Å². The third-order valence-electron chi connectivity index (χ3n) is 1.66. The van der Waals surface area contributed by atoms with Crippen LogP contribution in [0, 0.1) is 5.92 Å². The molecule has 0 aliphatic carbocycles. The van der Waals surface area contributed by atoms with Gasteiger partial charge in [0.25, 0.3) is 10.1 Å². The number of hydrogen-bond acceptors (Lipinski definition) is 4. The fraction of sp³-hybridized carbons (Fsp3) is 0.875. The fourth-order valence-electron chi connectivity index (χ4n) is 1.04. The third kappa shape index (κ3) is 9.47. The first-order valence-electron chi connectivity index (χ1n) is 4.37. The zero-order valence-electron chi connectivity index (χ0n) is 8.39. The van der Waals surface area contributed by atoms with Crippen LogP contribution in [0.5, 0.6) is 0 Å². The van der Waals surface area contributed by atoms with Crippen LogP contribution in [0.15, 0.2) is 0 Å². The van der Waals surface area contributed by atoms with Crippen LogP contribution in [0.25, 0.3) is 0 Å². The monoisotopic (exact) mass is 224 g/mol. The maximum absolute atomic E-state index is 10.5. The minimum Gasteiger partial charge on any atom is -0.481 e. The van der Waals surface area contributed by atoms with E-state index in [-0.39, 0.29) is 18.9 Å². The molecule has 0 heterocycles. The van der Waals surface area contributed by atoms with Gasteiger partial charge in [0.05, 0.1) is 12.9 Å². The zero-order chi connectivity index (χ0) is 11.2. The van der Waals surface area contributed by atoms with E-state index in [4.69, 9.17) is 5.11 Å². The van der Waals surface area contributed by atoms with Crippen LogP contribution in [0.1, 0.15) is 26.2 Å². The number of carboxylic acids is 1. The summed E-state index contributed by atoms with van der Waals surface area (Å²) in [5.41, 5.74) is 0. The summed E-state index contributed by atoms with van der Waals surface area (Å²) in [6.45, 7) is 1.94. The Bertz CT molecular complexity index is 269. The molecular formula is C8H16O5S. The molecule has 0 aromatic heterocycles. The number of carbonyl (C=O) groups is 1. The minimum absolute atomic E-state index is 0.0515. The smallest absolute Gasteiger partial charge is 0.303 e. The van der Waals surface area contributed by atoms with Crippen LogP contribution >= 0.6 is 0 Å². The lowest BCUT2D eigenvalue weighted by molar-refractivity contribution is -0.138. The van der Waals surface area contributed by atoms with Gasteiger partial charge in [-0.05, 0) is 18.8 Å². The molecule has 0 spiro atoms. The Labute approximate surface area is 84.2 Å². The summed E-state index contributed by atoms with van der Waals surface area (Å²) in [5, 5.41) is 8.44. The second-order valence-corrected chi connectivity index (χ2v) is 5.02. The van der Waals surface area contributed by atoms with Gasteiger partial charge in [-0.2, -0.15) is 8.42 Å². The van der Waals surface area contributed by atoms with Gasteiger partial charge >= 0.3 is 5.97 Å². The molecule has 0 radical (unpaired) electrons. The predicted molar refractivity (Wildman–Crippen MR) is 51.4 cm³/mol. The van der Waals surface area contributed by atoms with Crippen molar-refractivity contribution < 1.29 is 22.5 Å². The molecule has 0 aromatic carbocycles. The number of aliphatic carboxylic acids is 1. The van der Waals surface area contributed by atoms with Crippen LogP contribution in [0.2, 0.25) is 0 Å². The molecule has 0 unspecified atom stereocenters. The summed E-state index contributed by atoms with van der Waals surface area (Å²) in [6, 6.07) is 0. The fourth-order valence-corrected chi connectivity index (χ4v) is 1.46. The summed E-state index contributed by atoms with van der Waals surface area (Å²) < 4.78 is 25.6. The van der Waals surface area contributed by atoms with Crippen molar-refractivity contribution in [2.45, 2.75) is 26.2 Å². The standard InChI is InChI=1S/C8H16O5S/c1-7(6-8(9)10)4-3-5-13-14(2,11)12/h7H,3-6H2,1-2H3,(H,9,10)/t7-/m1/s1. The Morgan fingerprint density at radius 1 is 1.50 bits per heavy atom. The van der Waals surface area contributed by atoms with Crippen LogP contribution in [-0.4, -0.2) is 32.4 Å². The molecule has 0 aliphatic rings. The maximum Gasteiger partial charge on any atom is 0.303 e. The predicted octanol–water partition coefficient (Wildman–Crippen LogP) is 0.854. The van der Waals surface area contributed by atoms with Crippen molar-refractivity contribution >= 4 is 16.1 Å². The maximum atomic E-state index is 10.5. The molecule has 0 aliphatic heterocycles. The molecule has 0 aromatic rings. The average Bonchev–Trinajstić information content (AvgIpc) is 1.95. The van der Waals surface area contributed by atoms with Gasteiger partial charge in [0.15, 0.2) is 0 Å². The lowest BCUT2D eigenvalue weighted by Gasteiger charge is -2.07. The molecule has 1 atom stereocenters. The number of carboxylic acid groups (broad SMARTS) is 1. The van der Waals surface area contributed by atoms with Gasteiger partial charge in [-0.3, -0.25) is 8.98 Å². The van der Waals surface area contributed by atoms with Gasteiger partial charge in [-0.25, -0.2) is 0 Å². The number of hydrogen-bond donors (Lipinski definition) is 1. The molecule has 5 nitrogen and oxygen atoms in total. The average molecular weight is 224 g/mol. The molecule has 0 amide bonds. The van der Waals surface area contributed by atoms with Gasteiger partial charge < -0.3 is 5.11 Å². The summed E-state index contributed by atoms with van der Waals surface area (Å²) in [4.78, 5) is 10.3. The second-order valence-electron chi connectivity index (χ2n) is 3.37. The van der Waals surface area contributed by atoms with Crippen LogP contribution in [0.3, 0.4) is 0 Å². The minimum atomic E-state index is -3.36. The molecule has 0 saturated carbocycles. The van der Waals surface area contributed by atoms with Crippen molar-refractivity contribution in [1.29, 1.82) is 0 Å². The van der Waals surface area contributed by atoms with Crippen molar-refractivity contribution in [3.63, 3.8) is 0 Å². The van der Waals surface area contributed by atoms with E-state index in [0.717, 1.165) is 6.26 Å². The Hall–Kier alpha value is -0.620. The first-order chi connectivity index (χ1) is 6.31. The van der Waals surface area contributed by atoms with E-state index in [1.165, 1.54) is 0 Å². The normalized spacial score (nSPS) is 13.9. The van der Waals surface area contributed by atoms with Crippen molar-refractivity contribution in [2.24, 2.45) is 5.92 Å². The highest BCUT2D eigenvalue weighted by molar-refractivity contribution is 7.85. The molecule has 0 fully saturated rings. The van der Waals surface area contributed by atoms with E-state index in [2.05, 4.69) is 4.18 Å². The van der Waals surface area contributed by atoms with Crippen LogP contribution in [-0.2, 0) is 19.1 Å². The summed E-state index contributed by atoms with van der Waals surface area (Å²) in [7, 11) is -3.36. The van der Waals surface area contributed by atoms with E-state index in [1.807, 2.05) is 6.92 Å². The van der Waals surface area contributed by atoms with Crippen molar-refractivity contribution in [3.8, 4) is 0 Å². The quantitative estimate of drug-likeness (QED) is 0.512.